The van der Waals surface area contributed by atoms with Crippen LogP contribution in [0.5, 0.6) is 0 Å². The number of halogens is 1. The molecule has 0 aromatic rings. The molecule has 2 heteroatoms. The largest absolute Gasteiger partial charge is 1.00 e. The van der Waals surface area contributed by atoms with Crippen molar-refractivity contribution in [3.05, 3.63) is 52.6 Å². The second-order valence-corrected chi connectivity index (χ2v) is 0. The summed E-state index contributed by atoms with van der Waals surface area (Å²) in [6, 6.07) is 0. The molecule has 0 aliphatic carbocycles. The standard InChI is InChI=1S/4C2H4.FH.H3N/c4*1-2;;/h4*1-2H2;1H;1H3. The molecule has 0 saturated carbocycles. The van der Waals surface area contributed by atoms with Crippen molar-refractivity contribution in [3.63, 3.8) is 0 Å². The Kier molecular flexibility index (Phi) is 1870. The molecule has 0 radical (unpaired) electrons. The smallest absolute Gasteiger partial charge is 0.106 e. The van der Waals surface area contributed by atoms with Gasteiger partial charge < -0.3 is 10.9 Å². The molecule has 0 atom stereocenters. The number of hydrogen-bond acceptors (Lipinski definition) is 0. The van der Waals surface area contributed by atoms with Gasteiger partial charge in [0.1, 0.15) is 0 Å². The monoisotopic (exact) mass is 149 g/mol. The Morgan fingerprint density at radius 3 is 0.400 bits per heavy atom. The van der Waals surface area contributed by atoms with E-state index in [4.69, 9.17) is 0 Å². The fourth-order valence-electron chi connectivity index (χ4n) is 0. The van der Waals surface area contributed by atoms with Crippen molar-refractivity contribution < 1.29 is 4.70 Å². The summed E-state index contributed by atoms with van der Waals surface area (Å²) in [6.07, 6.45) is 0. The van der Waals surface area contributed by atoms with E-state index >= 15 is 0 Å². The van der Waals surface area contributed by atoms with E-state index in [0.29, 0.717) is 0 Å². The van der Waals surface area contributed by atoms with Gasteiger partial charge in [-0.05, 0) is 0 Å². The molecule has 0 spiro atoms. The third-order valence-corrected chi connectivity index (χ3v) is 0. The number of quaternary nitrogens is 1. The van der Waals surface area contributed by atoms with Crippen molar-refractivity contribution in [2.75, 3.05) is 0 Å². The first-order valence-corrected chi connectivity index (χ1v) is 2.00. The summed E-state index contributed by atoms with van der Waals surface area (Å²) in [4.78, 5) is 0. The van der Waals surface area contributed by atoms with Crippen LogP contribution in [-0.4, -0.2) is 0 Å². The van der Waals surface area contributed by atoms with Gasteiger partial charge in [0.2, 0.25) is 0 Å². The first-order valence-electron chi connectivity index (χ1n) is 2.00. The maximum Gasteiger partial charge on any atom is -0.106 e. The summed E-state index contributed by atoms with van der Waals surface area (Å²) in [5, 5.41) is 0. The van der Waals surface area contributed by atoms with Crippen LogP contribution in [0.4, 0.5) is 0 Å². The second-order valence-electron chi connectivity index (χ2n) is 0. The molecule has 0 rings (SSSR count). The van der Waals surface area contributed by atoms with Gasteiger partial charge >= 0.3 is 0 Å². The van der Waals surface area contributed by atoms with Crippen LogP contribution < -0.4 is 10.9 Å². The first-order chi connectivity index (χ1) is 4.00. The van der Waals surface area contributed by atoms with Crippen molar-refractivity contribution in [3.8, 4) is 0 Å². The predicted octanol–water partition coefficient (Wildman–Crippen LogP) is 0.589. The van der Waals surface area contributed by atoms with Gasteiger partial charge in [-0.25, -0.2) is 0 Å². The van der Waals surface area contributed by atoms with E-state index < -0.39 is 0 Å². The molecule has 0 aliphatic heterocycles. The lowest BCUT2D eigenvalue weighted by molar-refractivity contribution is -0.00000236. The van der Waals surface area contributed by atoms with Crippen LogP contribution in [0.2, 0.25) is 0 Å². The molecule has 64 valence electrons. The third kappa shape index (κ3) is 177. The minimum atomic E-state index is 0. The zero-order chi connectivity index (χ0) is 8.00. The number of rotatable bonds is 0. The Morgan fingerprint density at radius 2 is 0.400 bits per heavy atom. The normalized spacial score (nSPS) is 1.60. The average molecular weight is 149 g/mol. The number of hydrogen-bond donors (Lipinski definition) is 1. The first kappa shape index (κ1) is 67.1. The lowest BCUT2D eigenvalue weighted by Gasteiger charge is -1.00. The highest BCUT2D eigenvalue weighted by Crippen LogP contribution is 0.868. The Hall–Kier alpha value is -1.15. The minimum Gasteiger partial charge on any atom is -1.00 e. The van der Waals surface area contributed by atoms with Gasteiger partial charge in [0, 0.05) is 0 Å². The predicted molar refractivity (Wildman–Crippen MR) is 51.0 cm³/mol. The molecular formula is C8H20FN. The molecular weight excluding hydrogens is 129 g/mol. The highest BCUT2D eigenvalue weighted by Gasteiger charge is 0.607. The Morgan fingerprint density at radius 1 is 0.400 bits per heavy atom. The maximum atomic E-state index is 3.00. The summed E-state index contributed by atoms with van der Waals surface area (Å²) in [5.41, 5.74) is 0. The molecule has 0 saturated heterocycles. The molecule has 0 aromatic heterocycles. The van der Waals surface area contributed by atoms with Gasteiger partial charge in [-0.1, -0.05) is 0 Å². The van der Waals surface area contributed by atoms with E-state index in [1.807, 2.05) is 0 Å². The molecule has 0 unspecified atom stereocenters. The SMILES string of the molecule is C=C.C=C.C=C.C=C.[F-].[NH4+]. The van der Waals surface area contributed by atoms with Crippen molar-refractivity contribution >= 4 is 0 Å². The molecule has 0 heterocycles. The summed E-state index contributed by atoms with van der Waals surface area (Å²) in [5.74, 6) is 0. The molecule has 10 heavy (non-hydrogen) atoms. The van der Waals surface area contributed by atoms with E-state index in [9.17, 15) is 0 Å². The van der Waals surface area contributed by atoms with Crippen molar-refractivity contribution in [2.24, 2.45) is 0 Å². The molecule has 0 aromatic carbocycles. The Labute approximate surface area is 64.4 Å². The van der Waals surface area contributed by atoms with Crippen molar-refractivity contribution in [1.82, 2.24) is 6.15 Å². The van der Waals surface area contributed by atoms with Crippen LogP contribution in [0.1, 0.15) is 0 Å². The van der Waals surface area contributed by atoms with Crippen LogP contribution in [0.25, 0.3) is 0 Å². The molecule has 0 bridgehead atoms. The Bertz CT molecular complexity index is 17.2. The van der Waals surface area contributed by atoms with E-state index in [2.05, 4.69) is 52.6 Å². The fourth-order valence-corrected chi connectivity index (χ4v) is 0. The van der Waals surface area contributed by atoms with Crippen LogP contribution in [0.15, 0.2) is 52.6 Å². The fraction of sp³-hybridized carbons (Fsp3) is 0. The molecule has 1 nitrogen and oxygen atoms in total. The van der Waals surface area contributed by atoms with Crippen LogP contribution in [0, 0.1) is 0 Å². The Balaban J connectivity index is -0.00000000500. The minimum absolute atomic E-state index is 0. The van der Waals surface area contributed by atoms with Gasteiger partial charge in [0.05, 0.1) is 0 Å². The lowest BCUT2D eigenvalue weighted by Crippen LogP contribution is -3.00. The molecule has 4 N–H and O–H groups in total. The average Bonchev–Trinajstić information content (AvgIpc) is 2.03. The third-order valence-electron chi connectivity index (χ3n) is 0. The van der Waals surface area contributed by atoms with E-state index in [1.165, 1.54) is 0 Å². The summed E-state index contributed by atoms with van der Waals surface area (Å²) >= 11 is 0. The van der Waals surface area contributed by atoms with Gasteiger partial charge in [0.15, 0.2) is 0 Å². The highest BCUT2D eigenvalue weighted by molar-refractivity contribution is 4.23. The van der Waals surface area contributed by atoms with Crippen LogP contribution >= 0.6 is 0 Å². The van der Waals surface area contributed by atoms with Gasteiger partial charge in [0.25, 0.3) is 0 Å². The molecule has 0 amide bonds. The van der Waals surface area contributed by atoms with Gasteiger partial charge in [-0.2, -0.15) is 0 Å². The van der Waals surface area contributed by atoms with Crippen LogP contribution in [-0.2, 0) is 0 Å². The summed E-state index contributed by atoms with van der Waals surface area (Å²) in [6.45, 7) is 24.0. The lowest BCUT2D eigenvalue weighted by atomic mass is 11.3. The second kappa shape index (κ2) is 279. The molecule has 0 fully saturated rings. The van der Waals surface area contributed by atoms with E-state index in [0.717, 1.165) is 0 Å². The van der Waals surface area contributed by atoms with Gasteiger partial charge in [-0.3, -0.25) is 0 Å². The van der Waals surface area contributed by atoms with Gasteiger partial charge in [-0.15, -0.1) is 52.6 Å². The summed E-state index contributed by atoms with van der Waals surface area (Å²) in [7, 11) is 0. The van der Waals surface area contributed by atoms with E-state index in [1.54, 1.807) is 0 Å². The zero-order valence-corrected chi connectivity index (χ0v) is 7.03. The van der Waals surface area contributed by atoms with E-state index in [-0.39, 0.29) is 10.9 Å². The van der Waals surface area contributed by atoms with Crippen molar-refractivity contribution in [1.29, 1.82) is 0 Å². The van der Waals surface area contributed by atoms with Crippen LogP contribution in [0.3, 0.4) is 0 Å². The zero-order valence-electron chi connectivity index (χ0n) is 7.03. The van der Waals surface area contributed by atoms with Crippen molar-refractivity contribution in [2.45, 2.75) is 0 Å². The highest BCUT2D eigenvalue weighted by atomic mass is 19.0. The summed E-state index contributed by atoms with van der Waals surface area (Å²) < 4.78 is 0. The maximum absolute atomic E-state index is 3.00. The molecule has 0 aliphatic rings. The topological polar surface area (TPSA) is 36.5 Å². The quantitative estimate of drug-likeness (QED) is 0.489.